The van der Waals surface area contributed by atoms with Crippen molar-refractivity contribution < 1.29 is 18.9 Å². The van der Waals surface area contributed by atoms with Gasteiger partial charge in [0, 0.05) is 36.5 Å². The number of hydrogen-bond acceptors (Lipinski definition) is 7. The Bertz CT molecular complexity index is 981. The van der Waals surface area contributed by atoms with Crippen molar-refractivity contribution in [2.75, 3.05) is 25.0 Å². The average molecular weight is 409 g/mol. The van der Waals surface area contributed by atoms with Crippen molar-refractivity contribution in [2.45, 2.75) is 13.5 Å². The number of non-ortho nitro benzene ring substituents is 1. The molecule has 156 valence electrons. The molecule has 2 aromatic carbocycles. The molecule has 1 aromatic heterocycles. The minimum absolute atomic E-state index is 0.0721. The number of ether oxygens (including phenoxy) is 1. The Morgan fingerprint density at radius 1 is 1.03 bits per heavy atom. The molecule has 1 heterocycles. The molecule has 0 amide bonds. The summed E-state index contributed by atoms with van der Waals surface area (Å²) < 4.78 is 10.8. The van der Waals surface area contributed by atoms with Gasteiger partial charge in [-0.2, -0.15) is 0 Å². The van der Waals surface area contributed by atoms with E-state index < -0.39 is 4.92 Å². The number of furan rings is 1. The van der Waals surface area contributed by atoms with Crippen LogP contribution in [-0.4, -0.2) is 30.6 Å². The first-order valence-corrected chi connectivity index (χ1v) is 9.62. The van der Waals surface area contributed by atoms with Gasteiger partial charge in [-0.05, 0) is 43.3 Å². The van der Waals surface area contributed by atoms with Gasteiger partial charge >= 0.3 is 5.97 Å². The van der Waals surface area contributed by atoms with E-state index in [4.69, 9.17) is 9.15 Å². The molecule has 8 nitrogen and oxygen atoms in total. The number of carbonyl (C=O) groups excluding carboxylic acids is 1. The fraction of sp³-hybridized carbons (Fsp3) is 0.227. The maximum Gasteiger partial charge on any atom is 0.338 e. The summed E-state index contributed by atoms with van der Waals surface area (Å²) in [7, 11) is 0. The topological polar surface area (TPSA) is 107 Å². The Morgan fingerprint density at radius 3 is 2.43 bits per heavy atom. The zero-order valence-electron chi connectivity index (χ0n) is 16.6. The van der Waals surface area contributed by atoms with Gasteiger partial charge < -0.3 is 19.8 Å². The fourth-order valence-corrected chi connectivity index (χ4v) is 2.82. The molecule has 0 bridgehead atoms. The van der Waals surface area contributed by atoms with Crippen LogP contribution in [0.2, 0.25) is 0 Å². The molecule has 0 aliphatic carbocycles. The van der Waals surface area contributed by atoms with Crippen molar-refractivity contribution in [3.8, 4) is 11.3 Å². The molecule has 0 fully saturated rings. The SMILES string of the molecule is CCOC(=O)c1ccc(-c2ccc(CNCCNc3ccc([N+](=O)[O-])cc3)o2)cc1. The van der Waals surface area contributed by atoms with Crippen LogP contribution >= 0.6 is 0 Å². The third-order valence-corrected chi connectivity index (χ3v) is 4.35. The van der Waals surface area contributed by atoms with Gasteiger partial charge in [-0.1, -0.05) is 12.1 Å². The van der Waals surface area contributed by atoms with Crippen LogP contribution in [0.5, 0.6) is 0 Å². The summed E-state index contributed by atoms with van der Waals surface area (Å²) in [5.74, 6) is 1.19. The number of anilines is 1. The van der Waals surface area contributed by atoms with E-state index in [1.807, 2.05) is 24.3 Å². The van der Waals surface area contributed by atoms with Gasteiger partial charge in [-0.3, -0.25) is 10.1 Å². The van der Waals surface area contributed by atoms with E-state index in [1.165, 1.54) is 12.1 Å². The van der Waals surface area contributed by atoms with Gasteiger partial charge in [-0.25, -0.2) is 4.79 Å². The highest BCUT2D eigenvalue weighted by Crippen LogP contribution is 2.23. The van der Waals surface area contributed by atoms with E-state index in [-0.39, 0.29) is 11.7 Å². The zero-order valence-corrected chi connectivity index (χ0v) is 16.6. The maximum atomic E-state index is 11.7. The van der Waals surface area contributed by atoms with Crippen molar-refractivity contribution in [3.63, 3.8) is 0 Å². The van der Waals surface area contributed by atoms with Gasteiger partial charge in [-0.15, -0.1) is 0 Å². The molecule has 0 aliphatic heterocycles. The Hall–Kier alpha value is -3.65. The Balaban J connectivity index is 1.43. The zero-order chi connectivity index (χ0) is 21.3. The summed E-state index contributed by atoms with van der Waals surface area (Å²) in [6.07, 6.45) is 0. The highest BCUT2D eigenvalue weighted by atomic mass is 16.6. The van der Waals surface area contributed by atoms with E-state index in [2.05, 4.69) is 10.6 Å². The number of nitrogens with zero attached hydrogens (tertiary/aromatic N) is 1. The first-order chi connectivity index (χ1) is 14.6. The second-order valence-corrected chi connectivity index (χ2v) is 6.47. The molecule has 2 N–H and O–H groups in total. The second-order valence-electron chi connectivity index (χ2n) is 6.47. The number of nitrogens with one attached hydrogen (secondary N) is 2. The van der Waals surface area contributed by atoms with Crippen LogP contribution in [0.25, 0.3) is 11.3 Å². The lowest BCUT2D eigenvalue weighted by molar-refractivity contribution is -0.384. The molecular formula is C22H23N3O5. The molecule has 0 unspecified atom stereocenters. The lowest BCUT2D eigenvalue weighted by Gasteiger charge is -2.07. The molecule has 0 spiro atoms. The van der Waals surface area contributed by atoms with Crippen LogP contribution in [0.3, 0.4) is 0 Å². The highest BCUT2D eigenvalue weighted by molar-refractivity contribution is 5.89. The van der Waals surface area contributed by atoms with Gasteiger partial charge in [0.15, 0.2) is 0 Å². The van der Waals surface area contributed by atoms with Crippen molar-refractivity contribution in [1.29, 1.82) is 0 Å². The summed E-state index contributed by atoms with van der Waals surface area (Å²) in [4.78, 5) is 21.9. The van der Waals surface area contributed by atoms with Gasteiger partial charge in [0.25, 0.3) is 5.69 Å². The molecule has 0 saturated heterocycles. The minimum atomic E-state index is -0.419. The fourth-order valence-electron chi connectivity index (χ4n) is 2.82. The predicted octanol–water partition coefficient (Wildman–Crippen LogP) is 4.23. The van der Waals surface area contributed by atoms with Crippen molar-refractivity contribution >= 4 is 17.3 Å². The van der Waals surface area contributed by atoms with Gasteiger partial charge in [0.1, 0.15) is 11.5 Å². The molecule has 0 saturated carbocycles. The van der Waals surface area contributed by atoms with Gasteiger partial charge in [0.2, 0.25) is 0 Å². The van der Waals surface area contributed by atoms with Crippen molar-refractivity contribution in [1.82, 2.24) is 5.32 Å². The van der Waals surface area contributed by atoms with Crippen LogP contribution in [0.15, 0.2) is 65.1 Å². The largest absolute Gasteiger partial charge is 0.462 e. The molecule has 8 heteroatoms. The van der Waals surface area contributed by atoms with E-state index in [9.17, 15) is 14.9 Å². The van der Waals surface area contributed by atoms with Crippen LogP contribution in [0, 0.1) is 10.1 Å². The molecule has 0 radical (unpaired) electrons. The van der Waals surface area contributed by atoms with Crippen molar-refractivity contribution in [3.05, 3.63) is 82.1 Å². The molecule has 0 aliphatic rings. The summed E-state index contributed by atoms with van der Waals surface area (Å²) in [5, 5.41) is 17.1. The smallest absolute Gasteiger partial charge is 0.338 e. The molecule has 3 rings (SSSR count). The summed E-state index contributed by atoms with van der Waals surface area (Å²) in [6, 6.07) is 17.2. The van der Waals surface area contributed by atoms with Crippen LogP contribution in [0.1, 0.15) is 23.0 Å². The summed E-state index contributed by atoms with van der Waals surface area (Å²) in [5.41, 5.74) is 2.29. The lowest BCUT2D eigenvalue weighted by Crippen LogP contribution is -2.21. The van der Waals surface area contributed by atoms with E-state index in [0.29, 0.717) is 31.8 Å². The molecule has 0 atom stereocenters. The van der Waals surface area contributed by atoms with Crippen LogP contribution < -0.4 is 10.6 Å². The summed E-state index contributed by atoms with van der Waals surface area (Å²) >= 11 is 0. The van der Waals surface area contributed by atoms with Crippen molar-refractivity contribution in [2.24, 2.45) is 0 Å². The standard InChI is InChI=1S/C22H23N3O5/c1-2-29-22(26)17-5-3-16(4-6-17)21-12-11-20(30-21)15-23-13-14-24-18-7-9-19(10-8-18)25(27)28/h3-12,23-24H,2,13-15H2,1H3. The van der Waals surface area contributed by atoms with E-state index in [0.717, 1.165) is 22.8 Å². The summed E-state index contributed by atoms with van der Waals surface area (Å²) in [6.45, 7) is 4.06. The molecule has 3 aromatic rings. The van der Waals surface area contributed by atoms with Crippen LogP contribution in [-0.2, 0) is 11.3 Å². The molecular weight excluding hydrogens is 386 g/mol. The number of rotatable bonds is 10. The Labute approximate surface area is 174 Å². The Kier molecular flexibility index (Phi) is 7.18. The monoisotopic (exact) mass is 409 g/mol. The van der Waals surface area contributed by atoms with Gasteiger partial charge in [0.05, 0.1) is 23.6 Å². The first-order valence-electron chi connectivity index (χ1n) is 9.62. The van der Waals surface area contributed by atoms with E-state index >= 15 is 0 Å². The highest BCUT2D eigenvalue weighted by Gasteiger charge is 2.09. The molecule has 30 heavy (non-hydrogen) atoms. The number of nitro groups is 1. The minimum Gasteiger partial charge on any atom is -0.462 e. The quantitative estimate of drug-likeness (QED) is 0.223. The van der Waals surface area contributed by atoms with E-state index in [1.54, 1.807) is 31.2 Å². The predicted molar refractivity (Wildman–Crippen MR) is 113 cm³/mol. The average Bonchev–Trinajstić information content (AvgIpc) is 3.23. The normalized spacial score (nSPS) is 10.6. The third kappa shape index (κ3) is 5.68. The lowest BCUT2D eigenvalue weighted by atomic mass is 10.1. The number of benzene rings is 2. The number of hydrogen-bond donors (Lipinski definition) is 2. The number of nitro benzene ring substituents is 1. The van der Waals surface area contributed by atoms with Crippen LogP contribution in [0.4, 0.5) is 11.4 Å². The maximum absolute atomic E-state index is 11.7. The number of esters is 1. The Morgan fingerprint density at radius 2 is 1.77 bits per heavy atom. The first kappa shape index (κ1) is 21.1. The third-order valence-electron chi connectivity index (χ3n) is 4.35. The number of carbonyl (C=O) groups is 1. The second kappa shape index (κ2) is 10.2.